The standard InChI is InChI=1S/C13H8Cl2.Zr/c14-12-5-1-10(2-6-12)9-11-3-7-13(15)8-4-11;/h1-8H;. The van der Waals surface area contributed by atoms with Crippen molar-refractivity contribution in [3.8, 4) is 0 Å². The van der Waals surface area contributed by atoms with Crippen molar-refractivity contribution in [3.63, 3.8) is 0 Å². The fourth-order valence-electron chi connectivity index (χ4n) is 1.40. The summed E-state index contributed by atoms with van der Waals surface area (Å²) >= 11 is 13.1. The second kappa shape index (κ2) is 5.40. The van der Waals surface area contributed by atoms with E-state index in [0.29, 0.717) is 0 Å². The molecular formula is C13H8Cl2Zr. The molecule has 16 heavy (non-hydrogen) atoms. The number of hydrogen-bond donors (Lipinski definition) is 0. The molecule has 2 aromatic rings. The van der Waals surface area contributed by atoms with Crippen LogP contribution in [0.15, 0.2) is 48.5 Å². The molecule has 0 aliphatic carbocycles. The molecule has 0 heterocycles. The van der Waals surface area contributed by atoms with E-state index in [1.165, 1.54) is 38.6 Å². The summed E-state index contributed by atoms with van der Waals surface area (Å²) < 4.78 is 1.31. The summed E-state index contributed by atoms with van der Waals surface area (Å²) in [7, 11) is 0. The van der Waals surface area contributed by atoms with E-state index in [-0.39, 0.29) is 0 Å². The van der Waals surface area contributed by atoms with Crippen LogP contribution in [0.2, 0.25) is 10.0 Å². The molecule has 0 aliphatic heterocycles. The quantitative estimate of drug-likeness (QED) is 0.779. The maximum absolute atomic E-state index is 5.86. The van der Waals surface area contributed by atoms with E-state index in [0.717, 1.165) is 10.0 Å². The molecule has 0 atom stereocenters. The predicted octanol–water partition coefficient (Wildman–Crippen LogP) is 4.11. The molecule has 0 aliphatic rings. The molecule has 78 valence electrons. The zero-order valence-corrected chi connectivity index (χ0v) is 12.3. The fourth-order valence-corrected chi connectivity index (χ4v) is 2.47. The Morgan fingerprint density at radius 3 is 1.31 bits per heavy atom. The maximum atomic E-state index is 5.86. The summed E-state index contributed by atoms with van der Waals surface area (Å²) in [6, 6.07) is 15.8. The summed E-state index contributed by atoms with van der Waals surface area (Å²) in [4.78, 5) is 0. The molecule has 0 aromatic heterocycles. The Kier molecular flexibility index (Phi) is 4.13. The monoisotopic (exact) mass is 324 g/mol. The van der Waals surface area contributed by atoms with Crippen molar-refractivity contribution >= 4 is 26.4 Å². The fraction of sp³-hybridized carbons (Fsp3) is 0. The Bertz CT molecular complexity index is 453. The molecule has 3 heteroatoms. The Morgan fingerprint density at radius 1 is 0.688 bits per heavy atom. The molecule has 0 unspecified atom stereocenters. The summed E-state index contributed by atoms with van der Waals surface area (Å²) in [6.07, 6.45) is 0. The zero-order chi connectivity index (χ0) is 11.5. The molecule has 2 aromatic carbocycles. The molecule has 0 saturated heterocycles. The van der Waals surface area contributed by atoms with E-state index in [1.54, 1.807) is 0 Å². The van der Waals surface area contributed by atoms with Gasteiger partial charge < -0.3 is 0 Å². The molecule has 0 N–H and O–H groups in total. The Labute approximate surface area is 120 Å². The summed E-state index contributed by atoms with van der Waals surface area (Å²) in [5, 5.41) is 1.53. The topological polar surface area (TPSA) is 0 Å². The van der Waals surface area contributed by atoms with Crippen LogP contribution in [-0.4, -0.2) is 3.21 Å². The molecule has 0 amide bonds. The van der Waals surface area contributed by atoms with Crippen molar-refractivity contribution in [3.05, 3.63) is 69.7 Å². The van der Waals surface area contributed by atoms with Crippen LogP contribution < -0.4 is 0 Å². The molecule has 0 radical (unpaired) electrons. The van der Waals surface area contributed by atoms with Crippen molar-refractivity contribution < 1.29 is 24.2 Å². The van der Waals surface area contributed by atoms with E-state index >= 15 is 0 Å². The van der Waals surface area contributed by atoms with E-state index in [1.807, 2.05) is 48.5 Å². The van der Waals surface area contributed by atoms with Crippen molar-refractivity contribution in [1.82, 2.24) is 0 Å². The molecule has 0 fully saturated rings. The third kappa shape index (κ3) is 2.91. The van der Waals surface area contributed by atoms with E-state index in [9.17, 15) is 0 Å². The van der Waals surface area contributed by atoms with Crippen molar-refractivity contribution in [2.45, 2.75) is 0 Å². The van der Waals surface area contributed by atoms with Gasteiger partial charge in [-0.25, -0.2) is 0 Å². The van der Waals surface area contributed by atoms with Crippen LogP contribution in [0.3, 0.4) is 0 Å². The van der Waals surface area contributed by atoms with Gasteiger partial charge in [0.25, 0.3) is 0 Å². The van der Waals surface area contributed by atoms with Crippen molar-refractivity contribution in [2.24, 2.45) is 0 Å². The van der Waals surface area contributed by atoms with Gasteiger partial charge in [0.15, 0.2) is 0 Å². The zero-order valence-electron chi connectivity index (χ0n) is 8.37. The first-order valence-electron chi connectivity index (χ1n) is 4.77. The van der Waals surface area contributed by atoms with Gasteiger partial charge in [-0.15, -0.1) is 0 Å². The van der Waals surface area contributed by atoms with E-state index < -0.39 is 0 Å². The second-order valence-corrected chi connectivity index (χ2v) is 5.49. The first-order valence-corrected chi connectivity index (χ1v) is 6.76. The van der Waals surface area contributed by atoms with E-state index in [2.05, 4.69) is 0 Å². The van der Waals surface area contributed by atoms with Crippen LogP contribution in [0.4, 0.5) is 0 Å². The third-order valence-corrected chi connectivity index (χ3v) is 4.19. The van der Waals surface area contributed by atoms with Crippen LogP contribution in [0.25, 0.3) is 0 Å². The van der Waals surface area contributed by atoms with Crippen molar-refractivity contribution in [2.75, 3.05) is 0 Å². The Hall–Kier alpha value is -0.227. The van der Waals surface area contributed by atoms with Gasteiger partial charge in [-0.3, -0.25) is 0 Å². The van der Waals surface area contributed by atoms with Gasteiger partial charge in [0.1, 0.15) is 0 Å². The summed E-state index contributed by atoms with van der Waals surface area (Å²) in [5.41, 5.74) is 2.43. The SMILES string of the molecule is Clc1ccc([C](=[Zr])c2ccc(Cl)cc2)cc1. The average molecular weight is 326 g/mol. The third-order valence-electron chi connectivity index (χ3n) is 2.27. The molecule has 0 bridgehead atoms. The number of halogens is 2. The van der Waals surface area contributed by atoms with Gasteiger partial charge in [-0.05, 0) is 0 Å². The molecular weight excluding hydrogens is 318 g/mol. The second-order valence-electron chi connectivity index (χ2n) is 3.39. The Morgan fingerprint density at radius 2 is 1.00 bits per heavy atom. The first kappa shape index (κ1) is 12.2. The van der Waals surface area contributed by atoms with Crippen LogP contribution in [0.5, 0.6) is 0 Å². The Balaban J connectivity index is 2.32. The van der Waals surface area contributed by atoms with Crippen LogP contribution in [-0.2, 0) is 24.2 Å². The molecule has 0 nitrogen and oxygen atoms in total. The summed E-state index contributed by atoms with van der Waals surface area (Å²) in [6.45, 7) is 0. The number of benzene rings is 2. The van der Waals surface area contributed by atoms with Crippen LogP contribution in [0.1, 0.15) is 11.1 Å². The average Bonchev–Trinajstić information content (AvgIpc) is 2.30. The predicted molar refractivity (Wildman–Crippen MR) is 66.1 cm³/mol. The van der Waals surface area contributed by atoms with Gasteiger partial charge in [-0.1, -0.05) is 0 Å². The minimum absolute atomic E-state index is 0.767. The van der Waals surface area contributed by atoms with Crippen LogP contribution >= 0.6 is 23.2 Å². The summed E-state index contributed by atoms with van der Waals surface area (Å²) in [5.74, 6) is 0. The van der Waals surface area contributed by atoms with Gasteiger partial charge >= 0.3 is 120 Å². The molecule has 0 spiro atoms. The molecule has 0 saturated carbocycles. The van der Waals surface area contributed by atoms with Crippen molar-refractivity contribution in [1.29, 1.82) is 0 Å². The van der Waals surface area contributed by atoms with Gasteiger partial charge in [0, 0.05) is 0 Å². The van der Waals surface area contributed by atoms with Crippen LogP contribution in [0, 0.1) is 0 Å². The normalized spacial score (nSPS) is 10.1. The van der Waals surface area contributed by atoms with Gasteiger partial charge in [0.05, 0.1) is 0 Å². The molecule has 2 rings (SSSR count). The number of rotatable bonds is 2. The van der Waals surface area contributed by atoms with E-state index in [4.69, 9.17) is 23.2 Å². The number of hydrogen-bond acceptors (Lipinski definition) is 0. The van der Waals surface area contributed by atoms with Gasteiger partial charge in [-0.2, -0.15) is 0 Å². The minimum atomic E-state index is 0.767. The first-order chi connectivity index (χ1) is 7.66. The van der Waals surface area contributed by atoms with Gasteiger partial charge in [0.2, 0.25) is 0 Å².